The van der Waals surface area contributed by atoms with Gasteiger partial charge in [0.1, 0.15) is 0 Å². The Morgan fingerprint density at radius 2 is 1.96 bits per heavy atom. The SMILES string of the molecule is CCOc1cc(/C=C2/SC(=O)N(CCCc3ccccc3)C2=O)cc(I)c1O. The van der Waals surface area contributed by atoms with Gasteiger partial charge in [0.15, 0.2) is 11.5 Å². The molecule has 3 rings (SSSR count). The fourth-order valence-corrected chi connectivity index (χ4v) is 4.36. The van der Waals surface area contributed by atoms with E-state index in [1.54, 1.807) is 18.2 Å². The number of amides is 2. The van der Waals surface area contributed by atoms with Crippen molar-refractivity contribution in [1.29, 1.82) is 0 Å². The second-order valence-electron chi connectivity index (χ2n) is 6.20. The van der Waals surface area contributed by atoms with Crippen LogP contribution in [0.2, 0.25) is 0 Å². The van der Waals surface area contributed by atoms with Crippen molar-refractivity contribution < 1.29 is 19.4 Å². The van der Waals surface area contributed by atoms with Crippen LogP contribution in [0.25, 0.3) is 6.08 Å². The van der Waals surface area contributed by atoms with Crippen molar-refractivity contribution in [1.82, 2.24) is 4.90 Å². The molecule has 0 radical (unpaired) electrons. The first kappa shape index (κ1) is 20.7. The molecule has 2 aromatic rings. The van der Waals surface area contributed by atoms with Gasteiger partial charge in [0.05, 0.1) is 15.1 Å². The van der Waals surface area contributed by atoms with Crippen LogP contribution in [0.4, 0.5) is 4.79 Å². The summed E-state index contributed by atoms with van der Waals surface area (Å²) in [5.74, 6) is 0.167. The number of thioether (sulfide) groups is 1. The minimum absolute atomic E-state index is 0.0774. The Labute approximate surface area is 181 Å². The molecule has 1 heterocycles. The van der Waals surface area contributed by atoms with Gasteiger partial charge in [-0.25, -0.2) is 0 Å². The van der Waals surface area contributed by atoms with Crippen LogP contribution in [0.15, 0.2) is 47.4 Å². The molecule has 0 bridgehead atoms. The standard InChI is InChI=1S/C21H20INO4S/c1-2-27-17-12-15(11-16(22)19(17)24)13-18-20(25)23(21(26)28-18)10-6-9-14-7-4-3-5-8-14/h3-5,7-8,11-13,24H,2,6,9-10H2,1H3/b18-13+. The molecule has 1 saturated heterocycles. The second-order valence-corrected chi connectivity index (χ2v) is 8.36. The number of halogens is 1. The van der Waals surface area contributed by atoms with Crippen molar-refractivity contribution in [2.45, 2.75) is 19.8 Å². The summed E-state index contributed by atoms with van der Waals surface area (Å²) in [4.78, 5) is 26.6. The van der Waals surface area contributed by atoms with Crippen molar-refractivity contribution in [3.63, 3.8) is 0 Å². The van der Waals surface area contributed by atoms with Crippen LogP contribution in [-0.2, 0) is 11.2 Å². The van der Waals surface area contributed by atoms with E-state index in [4.69, 9.17) is 4.74 Å². The molecule has 2 amide bonds. The number of ether oxygens (including phenoxy) is 1. The first-order valence-corrected chi connectivity index (χ1v) is 10.8. The third kappa shape index (κ3) is 4.88. The number of rotatable bonds is 7. The zero-order valence-corrected chi connectivity index (χ0v) is 18.3. The average Bonchev–Trinajstić information content (AvgIpc) is 2.94. The predicted molar refractivity (Wildman–Crippen MR) is 119 cm³/mol. The van der Waals surface area contributed by atoms with Gasteiger partial charge in [-0.2, -0.15) is 0 Å². The van der Waals surface area contributed by atoms with Crippen molar-refractivity contribution in [3.8, 4) is 11.5 Å². The van der Waals surface area contributed by atoms with Crippen LogP contribution in [-0.4, -0.2) is 34.3 Å². The predicted octanol–water partition coefficient (Wildman–Crippen LogP) is 5.06. The molecule has 1 aliphatic rings. The molecule has 1 fully saturated rings. The highest BCUT2D eigenvalue weighted by Gasteiger charge is 2.34. The van der Waals surface area contributed by atoms with Crippen LogP contribution < -0.4 is 4.74 Å². The third-order valence-corrected chi connectivity index (χ3v) is 5.94. The van der Waals surface area contributed by atoms with Gasteiger partial charge in [-0.05, 0) is 83.5 Å². The summed E-state index contributed by atoms with van der Waals surface area (Å²) in [7, 11) is 0. The first-order chi connectivity index (χ1) is 13.5. The Bertz CT molecular complexity index is 914. The molecule has 0 aromatic heterocycles. The van der Waals surface area contributed by atoms with E-state index in [2.05, 4.69) is 0 Å². The quantitative estimate of drug-likeness (QED) is 0.418. The first-order valence-electron chi connectivity index (χ1n) is 8.94. The highest BCUT2D eigenvalue weighted by molar-refractivity contribution is 14.1. The van der Waals surface area contributed by atoms with E-state index in [1.807, 2.05) is 59.8 Å². The Hall–Kier alpha value is -2.00. The Morgan fingerprint density at radius 1 is 1.21 bits per heavy atom. The van der Waals surface area contributed by atoms with Gasteiger partial charge < -0.3 is 9.84 Å². The summed E-state index contributed by atoms with van der Waals surface area (Å²) >= 11 is 2.96. The normalized spacial score (nSPS) is 15.5. The molecule has 7 heteroatoms. The molecule has 0 aliphatic carbocycles. The lowest BCUT2D eigenvalue weighted by Gasteiger charge is -2.12. The number of aromatic hydroxyl groups is 1. The molecular weight excluding hydrogens is 489 g/mol. The summed E-state index contributed by atoms with van der Waals surface area (Å²) in [5, 5.41) is 9.81. The molecule has 0 spiro atoms. The Morgan fingerprint density at radius 3 is 2.68 bits per heavy atom. The molecule has 28 heavy (non-hydrogen) atoms. The molecule has 146 valence electrons. The van der Waals surface area contributed by atoms with Crippen LogP contribution in [0.3, 0.4) is 0 Å². The summed E-state index contributed by atoms with van der Waals surface area (Å²) in [5.41, 5.74) is 1.90. The number of phenols is 1. The van der Waals surface area contributed by atoms with E-state index in [0.29, 0.717) is 32.9 Å². The summed E-state index contributed by atoms with van der Waals surface area (Å²) < 4.78 is 6.06. The van der Waals surface area contributed by atoms with Gasteiger partial charge in [0, 0.05) is 6.54 Å². The summed E-state index contributed by atoms with van der Waals surface area (Å²) in [6, 6.07) is 13.4. The smallest absolute Gasteiger partial charge is 0.293 e. The van der Waals surface area contributed by atoms with E-state index in [-0.39, 0.29) is 16.9 Å². The summed E-state index contributed by atoms with van der Waals surface area (Å²) in [6.07, 6.45) is 3.21. The van der Waals surface area contributed by atoms with Gasteiger partial charge >= 0.3 is 0 Å². The van der Waals surface area contributed by atoms with Crippen LogP contribution >= 0.6 is 34.4 Å². The van der Waals surface area contributed by atoms with Crippen molar-refractivity contribution in [3.05, 3.63) is 62.1 Å². The maximum atomic E-state index is 12.7. The number of phenolic OH excluding ortho intramolecular Hbond substituents is 1. The van der Waals surface area contributed by atoms with Gasteiger partial charge in [0.2, 0.25) is 0 Å². The van der Waals surface area contributed by atoms with Crippen molar-refractivity contribution in [2.24, 2.45) is 0 Å². The molecule has 0 atom stereocenters. The van der Waals surface area contributed by atoms with Crippen LogP contribution in [0.1, 0.15) is 24.5 Å². The minimum atomic E-state index is -0.274. The number of nitrogens with zero attached hydrogens (tertiary/aromatic N) is 1. The zero-order chi connectivity index (χ0) is 20.1. The topological polar surface area (TPSA) is 66.8 Å². The molecular formula is C21H20INO4S. The molecule has 0 unspecified atom stereocenters. The number of benzene rings is 2. The average molecular weight is 509 g/mol. The van der Waals surface area contributed by atoms with E-state index in [9.17, 15) is 14.7 Å². The third-order valence-electron chi connectivity index (χ3n) is 4.21. The van der Waals surface area contributed by atoms with E-state index >= 15 is 0 Å². The van der Waals surface area contributed by atoms with E-state index in [0.717, 1.165) is 24.6 Å². The number of imide groups is 1. The summed E-state index contributed by atoms with van der Waals surface area (Å²) in [6.45, 7) is 2.65. The molecule has 2 aromatic carbocycles. The number of hydrogen-bond acceptors (Lipinski definition) is 5. The van der Waals surface area contributed by atoms with Gasteiger partial charge in [0.25, 0.3) is 11.1 Å². The maximum Gasteiger partial charge on any atom is 0.293 e. The maximum absolute atomic E-state index is 12.7. The fraction of sp³-hybridized carbons (Fsp3) is 0.238. The van der Waals surface area contributed by atoms with E-state index in [1.165, 1.54) is 10.5 Å². The minimum Gasteiger partial charge on any atom is -0.504 e. The lowest BCUT2D eigenvalue weighted by atomic mass is 10.1. The lowest BCUT2D eigenvalue weighted by molar-refractivity contribution is -0.122. The number of carbonyl (C=O) groups is 2. The molecule has 1 N–H and O–H groups in total. The highest BCUT2D eigenvalue weighted by Crippen LogP contribution is 2.36. The number of carbonyl (C=O) groups excluding carboxylic acids is 2. The zero-order valence-electron chi connectivity index (χ0n) is 15.4. The highest BCUT2D eigenvalue weighted by atomic mass is 127. The van der Waals surface area contributed by atoms with Crippen molar-refractivity contribution in [2.75, 3.05) is 13.2 Å². The van der Waals surface area contributed by atoms with Crippen molar-refractivity contribution >= 4 is 51.6 Å². The van der Waals surface area contributed by atoms with Crippen LogP contribution in [0, 0.1) is 3.57 Å². The Kier molecular flexibility index (Phi) is 7.01. The van der Waals surface area contributed by atoms with E-state index < -0.39 is 0 Å². The second kappa shape index (κ2) is 9.47. The molecule has 0 saturated carbocycles. The number of hydrogen-bond donors (Lipinski definition) is 1. The largest absolute Gasteiger partial charge is 0.504 e. The molecule has 1 aliphatic heterocycles. The van der Waals surface area contributed by atoms with Crippen LogP contribution in [0.5, 0.6) is 11.5 Å². The van der Waals surface area contributed by atoms with Gasteiger partial charge in [-0.15, -0.1) is 0 Å². The number of aryl methyl sites for hydroxylation is 1. The fourth-order valence-electron chi connectivity index (χ4n) is 2.87. The Balaban J connectivity index is 1.70. The van der Waals surface area contributed by atoms with Gasteiger partial charge in [-0.3, -0.25) is 14.5 Å². The van der Waals surface area contributed by atoms with Gasteiger partial charge in [-0.1, -0.05) is 30.3 Å². The monoisotopic (exact) mass is 509 g/mol. The molecule has 5 nitrogen and oxygen atoms in total. The lowest BCUT2D eigenvalue weighted by Crippen LogP contribution is -2.29.